The average Bonchev–Trinajstić information content (AvgIpc) is 2.95. The van der Waals surface area contributed by atoms with Crippen LogP contribution < -0.4 is 10.6 Å². The second-order valence-corrected chi connectivity index (χ2v) is 4.13. The molecule has 1 rings (SSSR count). The first-order valence-electron chi connectivity index (χ1n) is 5.34. The van der Waals surface area contributed by atoms with Crippen LogP contribution in [0.1, 0.15) is 32.6 Å². The van der Waals surface area contributed by atoms with Crippen LogP contribution in [0.2, 0.25) is 0 Å². The molecule has 5 heteroatoms. The molecule has 0 aromatic carbocycles. The van der Waals surface area contributed by atoms with Crippen molar-refractivity contribution in [3.63, 3.8) is 0 Å². The van der Waals surface area contributed by atoms with Gasteiger partial charge in [-0.3, -0.25) is 4.79 Å². The Balaban J connectivity index is 2.04. The van der Waals surface area contributed by atoms with Crippen molar-refractivity contribution in [3.8, 4) is 0 Å². The van der Waals surface area contributed by atoms with Gasteiger partial charge < -0.3 is 15.7 Å². The smallest absolute Gasteiger partial charge is 0.315 e. The van der Waals surface area contributed by atoms with Crippen molar-refractivity contribution in [2.24, 2.45) is 5.92 Å². The maximum absolute atomic E-state index is 11.3. The lowest BCUT2D eigenvalue weighted by Crippen LogP contribution is -2.41. The minimum absolute atomic E-state index is 0.0874. The Labute approximate surface area is 89.2 Å². The van der Waals surface area contributed by atoms with Gasteiger partial charge >= 0.3 is 12.0 Å². The number of carbonyl (C=O) groups is 2. The maximum atomic E-state index is 11.3. The minimum atomic E-state index is -0.831. The summed E-state index contributed by atoms with van der Waals surface area (Å²) in [7, 11) is 0. The zero-order valence-corrected chi connectivity index (χ0v) is 8.95. The van der Waals surface area contributed by atoms with E-state index in [4.69, 9.17) is 5.11 Å². The molecule has 2 amide bonds. The van der Waals surface area contributed by atoms with E-state index < -0.39 is 5.97 Å². The van der Waals surface area contributed by atoms with Gasteiger partial charge in [0, 0.05) is 19.0 Å². The SMILES string of the molecule is CC(CCC(=O)O)NC(=O)NCC1CC1. The van der Waals surface area contributed by atoms with Crippen molar-refractivity contribution in [1.29, 1.82) is 0 Å². The zero-order chi connectivity index (χ0) is 11.3. The van der Waals surface area contributed by atoms with E-state index in [1.165, 1.54) is 12.8 Å². The van der Waals surface area contributed by atoms with Gasteiger partial charge in [0.15, 0.2) is 0 Å². The number of rotatable bonds is 6. The van der Waals surface area contributed by atoms with Gasteiger partial charge in [-0.15, -0.1) is 0 Å². The molecule has 86 valence electrons. The third-order valence-electron chi connectivity index (χ3n) is 2.42. The molecular weight excluding hydrogens is 196 g/mol. The number of hydrogen-bond acceptors (Lipinski definition) is 2. The van der Waals surface area contributed by atoms with Gasteiger partial charge in [0.05, 0.1) is 0 Å². The van der Waals surface area contributed by atoms with Crippen LogP contribution in [-0.2, 0) is 4.79 Å². The van der Waals surface area contributed by atoms with Crippen LogP contribution in [-0.4, -0.2) is 29.7 Å². The summed E-state index contributed by atoms with van der Waals surface area (Å²) in [4.78, 5) is 21.5. The summed E-state index contributed by atoms with van der Waals surface area (Å²) >= 11 is 0. The summed E-state index contributed by atoms with van der Waals surface area (Å²) in [5.41, 5.74) is 0. The first kappa shape index (κ1) is 11.8. The fourth-order valence-corrected chi connectivity index (χ4v) is 1.25. The lowest BCUT2D eigenvalue weighted by Gasteiger charge is -2.13. The van der Waals surface area contributed by atoms with Crippen LogP contribution in [0.3, 0.4) is 0 Å². The van der Waals surface area contributed by atoms with Crippen molar-refractivity contribution in [2.75, 3.05) is 6.54 Å². The number of urea groups is 1. The number of amides is 2. The predicted molar refractivity (Wildman–Crippen MR) is 55.6 cm³/mol. The summed E-state index contributed by atoms with van der Waals surface area (Å²) < 4.78 is 0. The third kappa shape index (κ3) is 5.93. The number of hydrogen-bond donors (Lipinski definition) is 3. The van der Waals surface area contributed by atoms with Gasteiger partial charge in [-0.05, 0) is 32.1 Å². The molecule has 1 aliphatic carbocycles. The number of carboxylic acids is 1. The Morgan fingerprint density at radius 1 is 1.47 bits per heavy atom. The van der Waals surface area contributed by atoms with E-state index in [0.29, 0.717) is 12.3 Å². The molecule has 1 unspecified atom stereocenters. The van der Waals surface area contributed by atoms with Crippen LogP contribution in [0.4, 0.5) is 4.79 Å². The van der Waals surface area contributed by atoms with Gasteiger partial charge in [0.2, 0.25) is 0 Å². The Bertz CT molecular complexity index is 239. The first-order chi connectivity index (χ1) is 7.08. The van der Waals surface area contributed by atoms with E-state index in [1.54, 1.807) is 6.92 Å². The molecule has 1 aliphatic rings. The van der Waals surface area contributed by atoms with Gasteiger partial charge in [-0.2, -0.15) is 0 Å². The highest BCUT2D eigenvalue weighted by Crippen LogP contribution is 2.27. The molecule has 3 N–H and O–H groups in total. The number of carboxylic acid groups (broad SMARTS) is 1. The molecule has 0 heterocycles. The van der Waals surface area contributed by atoms with Crippen molar-refractivity contribution in [2.45, 2.75) is 38.6 Å². The number of nitrogens with one attached hydrogen (secondary N) is 2. The Hall–Kier alpha value is -1.26. The van der Waals surface area contributed by atoms with Crippen LogP contribution in [0, 0.1) is 5.92 Å². The lowest BCUT2D eigenvalue weighted by molar-refractivity contribution is -0.137. The van der Waals surface area contributed by atoms with E-state index in [1.807, 2.05) is 0 Å². The second kappa shape index (κ2) is 5.58. The Morgan fingerprint density at radius 3 is 2.67 bits per heavy atom. The molecule has 0 aliphatic heterocycles. The molecule has 0 aromatic rings. The van der Waals surface area contributed by atoms with E-state index in [9.17, 15) is 9.59 Å². The van der Waals surface area contributed by atoms with Crippen LogP contribution in [0.15, 0.2) is 0 Å². The molecular formula is C10H18N2O3. The Kier molecular flexibility index (Phi) is 4.39. The topological polar surface area (TPSA) is 78.4 Å². The maximum Gasteiger partial charge on any atom is 0.315 e. The molecule has 0 aromatic heterocycles. The van der Waals surface area contributed by atoms with Crippen LogP contribution >= 0.6 is 0 Å². The van der Waals surface area contributed by atoms with Gasteiger partial charge in [-0.1, -0.05) is 0 Å². The van der Waals surface area contributed by atoms with Crippen LogP contribution in [0.25, 0.3) is 0 Å². The molecule has 1 atom stereocenters. The number of carbonyl (C=O) groups excluding carboxylic acids is 1. The van der Waals surface area contributed by atoms with Gasteiger partial charge in [0.25, 0.3) is 0 Å². The standard InChI is InChI=1S/C10H18N2O3/c1-7(2-5-9(13)14)12-10(15)11-6-8-3-4-8/h7-8H,2-6H2,1H3,(H,13,14)(H2,11,12,15). The molecule has 0 bridgehead atoms. The first-order valence-corrected chi connectivity index (χ1v) is 5.34. The summed E-state index contributed by atoms with van der Waals surface area (Å²) in [5.74, 6) is -0.174. The highest BCUT2D eigenvalue weighted by Gasteiger charge is 2.21. The zero-order valence-electron chi connectivity index (χ0n) is 8.95. The largest absolute Gasteiger partial charge is 0.481 e. The van der Waals surface area contributed by atoms with E-state index in [0.717, 1.165) is 6.54 Å². The Morgan fingerprint density at radius 2 is 2.13 bits per heavy atom. The normalized spacial score (nSPS) is 16.9. The van der Waals surface area contributed by atoms with Gasteiger partial charge in [0.1, 0.15) is 0 Å². The molecule has 15 heavy (non-hydrogen) atoms. The average molecular weight is 214 g/mol. The van der Waals surface area contributed by atoms with Crippen molar-refractivity contribution < 1.29 is 14.7 Å². The fraction of sp³-hybridized carbons (Fsp3) is 0.800. The lowest BCUT2D eigenvalue weighted by atomic mass is 10.2. The summed E-state index contributed by atoms with van der Waals surface area (Å²) in [6.45, 7) is 2.54. The summed E-state index contributed by atoms with van der Waals surface area (Å²) in [5, 5.41) is 13.9. The predicted octanol–water partition coefficient (Wildman–Crippen LogP) is 0.949. The van der Waals surface area contributed by atoms with Crippen molar-refractivity contribution in [1.82, 2.24) is 10.6 Å². The molecule has 0 saturated heterocycles. The molecule has 0 spiro atoms. The summed E-state index contributed by atoms with van der Waals surface area (Å²) in [6.07, 6.45) is 2.96. The molecule has 5 nitrogen and oxygen atoms in total. The second-order valence-electron chi connectivity index (χ2n) is 4.13. The summed E-state index contributed by atoms with van der Waals surface area (Å²) in [6, 6.07) is -0.292. The monoisotopic (exact) mass is 214 g/mol. The molecule has 1 fully saturated rings. The van der Waals surface area contributed by atoms with Gasteiger partial charge in [-0.25, -0.2) is 4.79 Å². The van der Waals surface area contributed by atoms with E-state index >= 15 is 0 Å². The minimum Gasteiger partial charge on any atom is -0.481 e. The molecule has 1 saturated carbocycles. The van der Waals surface area contributed by atoms with E-state index in [-0.39, 0.29) is 18.5 Å². The fourth-order valence-electron chi connectivity index (χ4n) is 1.25. The van der Waals surface area contributed by atoms with Crippen LogP contribution in [0.5, 0.6) is 0 Å². The van der Waals surface area contributed by atoms with Crippen molar-refractivity contribution >= 4 is 12.0 Å². The number of aliphatic carboxylic acids is 1. The molecule has 0 radical (unpaired) electrons. The van der Waals surface area contributed by atoms with E-state index in [2.05, 4.69) is 10.6 Å². The highest BCUT2D eigenvalue weighted by molar-refractivity contribution is 5.74. The highest BCUT2D eigenvalue weighted by atomic mass is 16.4. The van der Waals surface area contributed by atoms with Crippen molar-refractivity contribution in [3.05, 3.63) is 0 Å². The quantitative estimate of drug-likeness (QED) is 0.616. The third-order valence-corrected chi connectivity index (χ3v) is 2.42.